The highest BCUT2D eigenvalue weighted by molar-refractivity contribution is 7.97. The van der Waals surface area contributed by atoms with Crippen molar-refractivity contribution in [3.63, 3.8) is 0 Å². The molecule has 0 rings (SSSR count). The summed E-state index contributed by atoms with van der Waals surface area (Å²) >= 11 is 4.99. The van der Waals surface area contributed by atoms with E-state index in [1.165, 1.54) is 0 Å². The highest BCUT2D eigenvalue weighted by Gasteiger charge is 2.21. The fourth-order valence-electron chi connectivity index (χ4n) is 0.462. The van der Waals surface area contributed by atoms with Crippen molar-refractivity contribution in [1.82, 2.24) is 4.90 Å². The zero-order valence-corrected chi connectivity index (χ0v) is 8.22. The number of hydrogen-bond donors (Lipinski definition) is 0. The van der Waals surface area contributed by atoms with Gasteiger partial charge in [0, 0.05) is 0 Å². The summed E-state index contributed by atoms with van der Waals surface area (Å²) in [7, 11) is 5.18. The topological polar surface area (TPSA) is 3.24 Å². The Morgan fingerprint density at radius 2 is 2.00 bits per heavy atom. The second-order valence-electron chi connectivity index (χ2n) is 2.56. The maximum atomic E-state index is 4.99. The minimum Gasteiger partial charge on any atom is -0.296 e. The van der Waals surface area contributed by atoms with E-state index >= 15 is 0 Å². The lowest BCUT2D eigenvalue weighted by molar-refractivity contribution is 0.269. The SMILES string of the molecule is CCC(C)(P=S)N(C)C. The lowest BCUT2D eigenvalue weighted by Crippen LogP contribution is -2.34. The summed E-state index contributed by atoms with van der Waals surface area (Å²) in [5.74, 6) is 0. The molecule has 0 amide bonds. The molecule has 0 aliphatic carbocycles. The Morgan fingerprint density at radius 3 is 2.00 bits per heavy atom. The molecule has 0 aromatic rings. The molecule has 0 aliphatic heterocycles. The van der Waals surface area contributed by atoms with Gasteiger partial charge in [0.2, 0.25) is 0 Å². The van der Waals surface area contributed by atoms with Gasteiger partial charge in [0.1, 0.15) is 0 Å². The largest absolute Gasteiger partial charge is 0.296 e. The van der Waals surface area contributed by atoms with E-state index in [9.17, 15) is 0 Å². The van der Waals surface area contributed by atoms with Gasteiger partial charge in [-0.1, -0.05) is 18.7 Å². The van der Waals surface area contributed by atoms with E-state index < -0.39 is 0 Å². The van der Waals surface area contributed by atoms with Crippen LogP contribution in [-0.4, -0.2) is 24.3 Å². The van der Waals surface area contributed by atoms with Crippen molar-refractivity contribution in [3.8, 4) is 0 Å². The fraction of sp³-hybridized carbons (Fsp3) is 1.00. The van der Waals surface area contributed by atoms with Gasteiger partial charge in [-0.2, -0.15) is 0 Å². The van der Waals surface area contributed by atoms with E-state index in [-0.39, 0.29) is 5.28 Å². The maximum Gasteiger partial charge on any atom is 0.0698 e. The minimum absolute atomic E-state index is 0.204. The van der Waals surface area contributed by atoms with Crippen LogP contribution in [0.2, 0.25) is 0 Å². The van der Waals surface area contributed by atoms with E-state index in [0.717, 1.165) is 13.8 Å². The molecule has 1 atom stereocenters. The standard InChI is InChI=1S/C6H14NPS/c1-5-6(2,8-9)7(3)4/h5H2,1-4H3. The predicted molar refractivity (Wildman–Crippen MR) is 46.7 cm³/mol. The molecule has 0 N–H and O–H groups in total. The Labute approximate surface area is 64.3 Å². The Bertz CT molecular complexity index is 105. The predicted octanol–water partition coefficient (Wildman–Crippen LogP) is 2.08. The van der Waals surface area contributed by atoms with Crippen LogP contribution in [0.15, 0.2) is 0 Å². The van der Waals surface area contributed by atoms with E-state index in [2.05, 4.69) is 32.8 Å². The summed E-state index contributed by atoms with van der Waals surface area (Å²) in [5.41, 5.74) is 0. The molecule has 0 bridgehead atoms. The first-order chi connectivity index (χ1) is 4.06. The van der Waals surface area contributed by atoms with E-state index in [0.29, 0.717) is 0 Å². The van der Waals surface area contributed by atoms with Crippen LogP contribution in [0.3, 0.4) is 0 Å². The summed E-state index contributed by atoms with van der Waals surface area (Å²) < 4.78 is 0. The third kappa shape index (κ3) is 2.29. The molecule has 0 spiro atoms. The second kappa shape index (κ2) is 3.60. The first-order valence-corrected chi connectivity index (χ1v) is 4.99. The van der Waals surface area contributed by atoms with Gasteiger partial charge in [0.15, 0.2) is 0 Å². The van der Waals surface area contributed by atoms with Crippen LogP contribution in [0, 0.1) is 0 Å². The van der Waals surface area contributed by atoms with Crippen LogP contribution in [-0.2, 0) is 11.8 Å². The van der Waals surface area contributed by atoms with Crippen molar-refractivity contribution in [2.75, 3.05) is 14.1 Å². The molecule has 1 nitrogen and oxygen atoms in total. The van der Waals surface area contributed by atoms with Crippen molar-refractivity contribution in [2.24, 2.45) is 0 Å². The van der Waals surface area contributed by atoms with Gasteiger partial charge in [-0.05, 0) is 34.8 Å². The molecular formula is C6H14NPS. The van der Waals surface area contributed by atoms with Crippen LogP contribution >= 0.6 is 7.36 Å². The Balaban J connectivity index is 4.08. The van der Waals surface area contributed by atoms with Crippen molar-refractivity contribution in [3.05, 3.63) is 0 Å². The van der Waals surface area contributed by atoms with Gasteiger partial charge in [0.25, 0.3) is 0 Å². The van der Waals surface area contributed by atoms with Crippen LogP contribution in [0.4, 0.5) is 0 Å². The molecule has 9 heavy (non-hydrogen) atoms. The molecule has 0 radical (unpaired) electrons. The van der Waals surface area contributed by atoms with Crippen LogP contribution in [0.25, 0.3) is 0 Å². The maximum absolute atomic E-state index is 4.99. The quantitative estimate of drug-likeness (QED) is 0.586. The molecule has 3 heteroatoms. The van der Waals surface area contributed by atoms with Gasteiger partial charge in [-0.3, -0.25) is 4.90 Å². The van der Waals surface area contributed by atoms with Crippen molar-refractivity contribution < 1.29 is 0 Å². The molecule has 0 aromatic heterocycles. The fourth-order valence-corrected chi connectivity index (χ4v) is 1.63. The summed E-state index contributed by atoms with van der Waals surface area (Å²) in [5, 5.41) is 0.204. The molecule has 1 unspecified atom stereocenters. The second-order valence-corrected chi connectivity index (χ2v) is 4.25. The molecule has 0 fully saturated rings. The van der Waals surface area contributed by atoms with E-state index in [1.807, 2.05) is 0 Å². The number of nitrogens with zero attached hydrogens (tertiary/aromatic N) is 1. The van der Waals surface area contributed by atoms with Gasteiger partial charge in [0.05, 0.1) is 5.28 Å². The van der Waals surface area contributed by atoms with Gasteiger partial charge >= 0.3 is 0 Å². The Hall–Kier alpha value is 0.480. The van der Waals surface area contributed by atoms with Gasteiger partial charge in [-0.25, -0.2) is 0 Å². The highest BCUT2D eigenvalue weighted by Crippen LogP contribution is 2.27. The number of hydrogen-bond acceptors (Lipinski definition) is 2. The average Bonchev–Trinajstić information content (AvgIpc) is 1.86. The zero-order valence-electron chi connectivity index (χ0n) is 6.51. The van der Waals surface area contributed by atoms with Gasteiger partial charge in [-0.15, -0.1) is 0 Å². The zero-order chi connectivity index (χ0) is 7.49. The first-order valence-electron chi connectivity index (χ1n) is 3.08. The number of rotatable bonds is 3. The van der Waals surface area contributed by atoms with Crippen molar-refractivity contribution in [2.45, 2.75) is 25.5 Å². The molecule has 0 aliphatic rings. The normalized spacial score (nSPS) is 18.3. The summed E-state index contributed by atoms with van der Waals surface area (Å²) in [4.78, 5) is 2.18. The Morgan fingerprint density at radius 1 is 1.56 bits per heavy atom. The lowest BCUT2D eigenvalue weighted by Gasteiger charge is -2.29. The molecular weight excluding hydrogens is 149 g/mol. The third-order valence-corrected chi connectivity index (χ3v) is 4.12. The molecule has 54 valence electrons. The Kier molecular flexibility index (Phi) is 3.79. The smallest absolute Gasteiger partial charge is 0.0698 e. The monoisotopic (exact) mass is 163 g/mol. The van der Waals surface area contributed by atoms with Crippen molar-refractivity contribution >= 4 is 19.2 Å². The lowest BCUT2D eigenvalue weighted by atomic mass is 10.2. The third-order valence-electron chi connectivity index (χ3n) is 1.83. The summed E-state index contributed by atoms with van der Waals surface area (Å²) in [6.07, 6.45) is 1.12. The van der Waals surface area contributed by atoms with Crippen LogP contribution in [0.1, 0.15) is 20.3 Å². The average molecular weight is 163 g/mol. The first kappa shape index (κ1) is 9.48. The minimum atomic E-state index is 0.204. The highest BCUT2D eigenvalue weighted by atomic mass is 32.4. The molecule has 0 saturated heterocycles. The van der Waals surface area contributed by atoms with Crippen molar-refractivity contribution in [1.29, 1.82) is 0 Å². The van der Waals surface area contributed by atoms with Crippen LogP contribution in [0.5, 0.6) is 0 Å². The van der Waals surface area contributed by atoms with Gasteiger partial charge < -0.3 is 0 Å². The van der Waals surface area contributed by atoms with E-state index in [1.54, 1.807) is 0 Å². The molecule has 0 heterocycles. The molecule has 0 aromatic carbocycles. The van der Waals surface area contributed by atoms with Crippen LogP contribution < -0.4 is 0 Å². The summed E-state index contributed by atoms with van der Waals surface area (Å²) in [6, 6.07) is 0. The summed E-state index contributed by atoms with van der Waals surface area (Å²) in [6.45, 7) is 4.35. The van der Waals surface area contributed by atoms with E-state index in [4.69, 9.17) is 11.8 Å². The molecule has 0 saturated carbocycles.